The summed E-state index contributed by atoms with van der Waals surface area (Å²) in [5, 5.41) is -0.0987. The van der Waals surface area contributed by atoms with E-state index in [1.807, 2.05) is 0 Å². The molecule has 1 atom stereocenters. The summed E-state index contributed by atoms with van der Waals surface area (Å²) in [5.74, 6) is -0.558. The Bertz CT molecular complexity index is 224. The second-order valence-electron chi connectivity index (χ2n) is 2.51. The molecule has 0 heterocycles. The van der Waals surface area contributed by atoms with Crippen molar-refractivity contribution in [2.45, 2.75) is 26.9 Å². The lowest BCUT2D eigenvalue weighted by molar-refractivity contribution is -0.150. The van der Waals surface area contributed by atoms with E-state index in [1.54, 1.807) is 0 Å². The molecule has 0 bridgehead atoms. The fraction of sp³-hybridized carbons (Fsp3) is 0.625. The maximum absolute atomic E-state index is 10.9. The monoisotopic (exact) mass is 204 g/mol. The number of hydrogen-bond acceptors (Lipinski definition) is 5. The highest BCUT2D eigenvalue weighted by molar-refractivity contribution is 8.13. The lowest BCUT2D eigenvalue weighted by atomic mass is 10.3. The van der Waals surface area contributed by atoms with Crippen LogP contribution in [0.5, 0.6) is 0 Å². The summed E-state index contributed by atoms with van der Waals surface area (Å²) in [5.41, 5.74) is 0. The predicted octanol–water partition coefficient (Wildman–Crippen LogP) is 0.787. The Hall–Kier alpha value is -0.840. The summed E-state index contributed by atoms with van der Waals surface area (Å²) >= 11 is 0.973. The Morgan fingerprint density at radius 3 is 2.08 bits per heavy atom. The van der Waals surface area contributed by atoms with Crippen LogP contribution in [-0.2, 0) is 19.1 Å². The van der Waals surface area contributed by atoms with Gasteiger partial charge in [-0.2, -0.15) is 0 Å². The van der Waals surface area contributed by atoms with Crippen molar-refractivity contribution in [1.29, 1.82) is 0 Å². The Morgan fingerprint density at radius 2 is 1.77 bits per heavy atom. The van der Waals surface area contributed by atoms with Gasteiger partial charge in [-0.25, -0.2) is 0 Å². The molecular formula is C8H12O4S. The van der Waals surface area contributed by atoms with Crippen molar-refractivity contribution in [2.24, 2.45) is 0 Å². The van der Waals surface area contributed by atoms with Crippen LogP contribution in [0.2, 0.25) is 0 Å². The van der Waals surface area contributed by atoms with Gasteiger partial charge in [0.2, 0.25) is 0 Å². The van der Waals surface area contributed by atoms with E-state index in [1.165, 1.54) is 20.8 Å². The molecule has 0 saturated heterocycles. The van der Waals surface area contributed by atoms with Crippen molar-refractivity contribution < 1.29 is 19.1 Å². The smallest absolute Gasteiger partial charge is 0.303 e. The zero-order chi connectivity index (χ0) is 10.4. The van der Waals surface area contributed by atoms with Gasteiger partial charge in [0.05, 0.1) is 0 Å². The van der Waals surface area contributed by atoms with E-state index in [-0.39, 0.29) is 16.7 Å². The first-order valence-corrected chi connectivity index (χ1v) is 4.73. The van der Waals surface area contributed by atoms with Crippen LogP contribution in [0, 0.1) is 0 Å². The minimum atomic E-state index is -0.800. The summed E-state index contributed by atoms with van der Waals surface area (Å²) in [6.07, 6.45) is -0.800. The van der Waals surface area contributed by atoms with E-state index in [4.69, 9.17) is 4.74 Å². The molecule has 0 radical (unpaired) electrons. The van der Waals surface area contributed by atoms with Crippen molar-refractivity contribution >= 4 is 28.6 Å². The molecular weight excluding hydrogens is 192 g/mol. The fourth-order valence-corrected chi connectivity index (χ4v) is 1.32. The number of carbonyl (C=O) groups is 3. The van der Waals surface area contributed by atoms with Gasteiger partial charge in [0.15, 0.2) is 17.0 Å². The maximum atomic E-state index is 10.9. The van der Waals surface area contributed by atoms with Crippen LogP contribution < -0.4 is 0 Å². The fourth-order valence-electron chi connectivity index (χ4n) is 0.628. The van der Waals surface area contributed by atoms with Gasteiger partial charge in [0.25, 0.3) is 0 Å². The van der Waals surface area contributed by atoms with Crippen LogP contribution in [0.25, 0.3) is 0 Å². The molecule has 74 valence electrons. The third-order valence-electron chi connectivity index (χ3n) is 1.20. The molecule has 0 aliphatic carbocycles. The molecule has 5 heteroatoms. The van der Waals surface area contributed by atoms with Gasteiger partial charge >= 0.3 is 5.97 Å². The molecule has 1 unspecified atom stereocenters. The molecule has 0 aliphatic heterocycles. The van der Waals surface area contributed by atoms with Crippen LogP contribution in [0.1, 0.15) is 20.8 Å². The Kier molecular flexibility index (Phi) is 5.37. The zero-order valence-electron chi connectivity index (χ0n) is 7.83. The molecule has 13 heavy (non-hydrogen) atoms. The summed E-state index contributed by atoms with van der Waals surface area (Å²) in [6.45, 7) is 3.96. The molecule has 0 aliphatic rings. The Balaban J connectivity index is 4.02. The molecule has 0 aromatic heterocycles. The highest BCUT2D eigenvalue weighted by Crippen LogP contribution is 2.07. The number of hydrogen-bond donors (Lipinski definition) is 0. The van der Waals surface area contributed by atoms with Crippen LogP contribution in [0.15, 0.2) is 0 Å². The molecule has 0 amide bonds. The van der Waals surface area contributed by atoms with E-state index >= 15 is 0 Å². The molecule has 4 nitrogen and oxygen atoms in total. The quantitative estimate of drug-likeness (QED) is 0.633. The number of thioether (sulfide) groups is 1. The zero-order valence-corrected chi connectivity index (χ0v) is 8.64. The molecule has 0 N–H and O–H groups in total. The van der Waals surface area contributed by atoms with Gasteiger partial charge in [-0.05, 0) is 6.92 Å². The van der Waals surface area contributed by atoms with Crippen molar-refractivity contribution in [3.8, 4) is 0 Å². The normalized spacial score (nSPS) is 11.9. The summed E-state index contributed by atoms with van der Waals surface area (Å²) < 4.78 is 4.70. The second-order valence-corrected chi connectivity index (χ2v) is 3.71. The average Bonchev–Trinajstić information content (AvgIpc) is 1.96. The van der Waals surface area contributed by atoms with Crippen LogP contribution in [-0.4, -0.2) is 28.7 Å². The average molecular weight is 204 g/mol. The number of ether oxygens (including phenoxy) is 1. The lowest BCUT2D eigenvalue weighted by Crippen LogP contribution is -2.27. The van der Waals surface area contributed by atoms with Crippen molar-refractivity contribution in [1.82, 2.24) is 0 Å². The molecule has 0 saturated carbocycles. The Labute approximate surface area is 81.0 Å². The number of ketones is 1. The summed E-state index contributed by atoms with van der Waals surface area (Å²) in [7, 11) is 0. The molecule has 0 rings (SSSR count). The second kappa shape index (κ2) is 5.75. The van der Waals surface area contributed by atoms with E-state index in [9.17, 15) is 14.4 Å². The minimum absolute atomic E-state index is 0.0987. The number of esters is 1. The van der Waals surface area contributed by atoms with E-state index in [0.29, 0.717) is 0 Å². The van der Waals surface area contributed by atoms with Crippen LogP contribution in [0.3, 0.4) is 0 Å². The number of Topliss-reactive ketones (excluding diaryl/α,β-unsaturated/α-hetero) is 1. The highest BCUT2D eigenvalue weighted by Gasteiger charge is 2.17. The van der Waals surface area contributed by atoms with Crippen LogP contribution in [0.4, 0.5) is 0 Å². The van der Waals surface area contributed by atoms with E-state index in [2.05, 4.69) is 0 Å². The molecule has 0 aromatic carbocycles. The number of carbonyl (C=O) groups excluding carboxylic acids is 3. The summed E-state index contributed by atoms with van der Waals surface area (Å²) in [6, 6.07) is 0. The van der Waals surface area contributed by atoms with Gasteiger partial charge in [-0.1, -0.05) is 11.8 Å². The lowest BCUT2D eigenvalue weighted by Gasteiger charge is -2.11. The predicted molar refractivity (Wildman–Crippen MR) is 49.4 cm³/mol. The summed E-state index contributed by atoms with van der Waals surface area (Å²) in [4.78, 5) is 32.0. The van der Waals surface area contributed by atoms with Crippen LogP contribution >= 0.6 is 11.8 Å². The van der Waals surface area contributed by atoms with Crippen molar-refractivity contribution in [3.63, 3.8) is 0 Å². The van der Waals surface area contributed by atoms with Gasteiger partial charge in [-0.15, -0.1) is 0 Å². The third-order valence-corrected chi connectivity index (χ3v) is 2.08. The first-order chi connectivity index (χ1) is 5.93. The van der Waals surface area contributed by atoms with Crippen molar-refractivity contribution in [2.75, 3.05) is 5.75 Å². The number of rotatable bonds is 4. The molecule has 0 aromatic rings. The Morgan fingerprint density at radius 1 is 1.23 bits per heavy atom. The van der Waals surface area contributed by atoms with E-state index in [0.717, 1.165) is 11.8 Å². The largest absolute Gasteiger partial charge is 0.454 e. The van der Waals surface area contributed by atoms with Gasteiger partial charge in [0, 0.05) is 19.6 Å². The van der Waals surface area contributed by atoms with Crippen molar-refractivity contribution in [3.05, 3.63) is 0 Å². The molecule has 0 fully saturated rings. The topological polar surface area (TPSA) is 60.4 Å². The van der Waals surface area contributed by atoms with Gasteiger partial charge < -0.3 is 4.74 Å². The highest BCUT2D eigenvalue weighted by atomic mass is 32.2. The minimum Gasteiger partial charge on any atom is -0.454 e. The molecule has 0 spiro atoms. The van der Waals surface area contributed by atoms with Gasteiger partial charge in [0.1, 0.15) is 0 Å². The van der Waals surface area contributed by atoms with E-state index < -0.39 is 12.1 Å². The SMILES string of the molecule is CC(=O)OC(CSC(C)=O)C(C)=O. The standard InChI is InChI=1S/C8H12O4S/c1-5(9)8(12-6(2)10)4-13-7(3)11/h8H,4H2,1-3H3. The first kappa shape index (κ1) is 12.2. The maximum Gasteiger partial charge on any atom is 0.303 e. The first-order valence-electron chi connectivity index (χ1n) is 3.74. The van der Waals surface area contributed by atoms with Gasteiger partial charge in [-0.3, -0.25) is 14.4 Å². The third kappa shape index (κ3) is 6.33.